The van der Waals surface area contributed by atoms with Gasteiger partial charge in [0.15, 0.2) is 0 Å². The normalized spacial score (nSPS) is 30.4. The largest absolute Gasteiger partial charge is 0.481 e. The van der Waals surface area contributed by atoms with E-state index in [0.717, 1.165) is 25.8 Å². The van der Waals surface area contributed by atoms with Gasteiger partial charge in [-0.05, 0) is 32.2 Å². The first-order valence-electron chi connectivity index (χ1n) is 5.93. The third-order valence-electron chi connectivity index (χ3n) is 3.44. The molecule has 0 unspecified atom stereocenters. The van der Waals surface area contributed by atoms with Gasteiger partial charge in [0.1, 0.15) is 0 Å². The highest BCUT2D eigenvalue weighted by molar-refractivity contribution is 5.83. The molecular formula is C11H18N2O3. The minimum Gasteiger partial charge on any atom is -0.481 e. The van der Waals surface area contributed by atoms with Crippen molar-refractivity contribution >= 4 is 11.9 Å². The lowest BCUT2D eigenvalue weighted by molar-refractivity contribution is -0.146. The third-order valence-corrected chi connectivity index (χ3v) is 3.44. The molecule has 0 aromatic heterocycles. The van der Waals surface area contributed by atoms with E-state index < -0.39 is 5.97 Å². The van der Waals surface area contributed by atoms with E-state index in [4.69, 9.17) is 5.11 Å². The highest BCUT2D eigenvalue weighted by atomic mass is 16.4. The molecule has 0 aromatic carbocycles. The number of nitrogens with one attached hydrogen (secondary N) is 1. The quantitative estimate of drug-likeness (QED) is 0.698. The maximum absolute atomic E-state index is 12.0. The lowest BCUT2D eigenvalue weighted by Gasteiger charge is -2.32. The molecule has 0 saturated carbocycles. The highest BCUT2D eigenvalue weighted by Crippen LogP contribution is 2.19. The molecule has 2 N–H and O–H groups in total. The van der Waals surface area contributed by atoms with E-state index in [1.54, 1.807) is 4.90 Å². The average Bonchev–Trinajstić information content (AvgIpc) is 2.81. The molecule has 0 aromatic rings. The molecule has 5 nitrogen and oxygen atoms in total. The first-order chi connectivity index (χ1) is 7.68. The number of carbonyl (C=O) groups is 2. The van der Waals surface area contributed by atoms with Crippen molar-refractivity contribution in [2.75, 3.05) is 19.6 Å². The Morgan fingerprint density at radius 3 is 2.69 bits per heavy atom. The van der Waals surface area contributed by atoms with Crippen molar-refractivity contribution in [3.05, 3.63) is 0 Å². The van der Waals surface area contributed by atoms with Crippen LogP contribution >= 0.6 is 0 Å². The van der Waals surface area contributed by atoms with Crippen LogP contribution in [0.3, 0.4) is 0 Å². The number of aliphatic carboxylic acids is 1. The standard InChI is InChI=1S/C11H18N2O3/c14-10(9-4-1-5-12-9)13-6-2-3-8(7-13)11(15)16/h8-9,12H,1-7H2,(H,15,16)/t8-,9+/m0/s1. The number of likely N-dealkylation sites (tertiary alicyclic amines) is 1. The average molecular weight is 226 g/mol. The van der Waals surface area contributed by atoms with Gasteiger partial charge >= 0.3 is 5.97 Å². The van der Waals surface area contributed by atoms with Gasteiger partial charge in [-0.1, -0.05) is 0 Å². The van der Waals surface area contributed by atoms with Crippen LogP contribution in [0.5, 0.6) is 0 Å². The van der Waals surface area contributed by atoms with Crippen LogP contribution in [0.1, 0.15) is 25.7 Å². The van der Waals surface area contributed by atoms with E-state index in [1.807, 2.05) is 0 Å². The maximum atomic E-state index is 12.0. The number of hydrogen-bond acceptors (Lipinski definition) is 3. The highest BCUT2D eigenvalue weighted by Gasteiger charge is 2.32. The van der Waals surface area contributed by atoms with E-state index in [-0.39, 0.29) is 17.9 Å². The van der Waals surface area contributed by atoms with Gasteiger partial charge in [-0.15, -0.1) is 0 Å². The van der Waals surface area contributed by atoms with Gasteiger partial charge < -0.3 is 15.3 Å². The summed E-state index contributed by atoms with van der Waals surface area (Å²) >= 11 is 0. The number of piperidine rings is 1. The topological polar surface area (TPSA) is 69.6 Å². The molecule has 2 aliphatic rings. The van der Waals surface area contributed by atoms with Crippen LogP contribution in [0, 0.1) is 5.92 Å². The molecule has 16 heavy (non-hydrogen) atoms. The number of carboxylic acid groups (broad SMARTS) is 1. The van der Waals surface area contributed by atoms with E-state index in [9.17, 15) is 9.59 Å². The van der Waals surface area contributed by atoms with Gasteiger partial charge in [0, 0.05) is 13.1 Å². The molecule has 0 spiro atoms. The number of carbonyl (C=O) groups excluding carboxylic acids is 1. The summed E-state index contributed by atoms with van der Waals surface area (Å²) in [5.74, 6) is -1.07. The van der Waals surface area contributed by atoms with E-state index in [2.05, 4.69) is 5.32 Å². The number of carboxylic acids is 1. The van der Waals surface area contributed by atoms with Crippen LogP contribution in [-0.4, -0.2) is 47.6 Å². The zero-order chi connectivity index (χ0) is 11.5. The number of rotatable bonds is 2. The number of hydrogen-bond donors (Lipinski definition) is 2. The Balaban J connectivity index is 1.93. The molecule has 0 aliphatic carbocycles. The molecule has 2 fully saturated rings. The summed E-state index contributed by atoms with van der Waals surface area (Å²) < 4.78 is 0. The van der Waals surface area contributed by atoms with Gasteiger partial charge in [-0.25, -0.2) is 0 Å². The third kappa shape index (κ3) is 2.35. The predicted octanol–water partition coefficient (Wildman–Crippen LogP) is 0.0616. The van der Waals surface area contributed by atoms with Crippen molar-refractivity contribution in [2.24, 2.45) is 5.92 Å². The van der Waals surface area contributed by atoms with Gasteiger partial charge in [0.2, 0.25) is 5.91 Å². The van der Waals surface area contributed by atoms with Crippen molar-refractivity contribution in [1.29, 1.82) is 0 Å². The molecule has 1 amide bonds. The smallest absolute Gasteiger partial charge is 0.308 e. The fraction of sp³-hybridized carbons (Fsp3) is 0.818. The lowest BCUT2D eigenvalue weighted by Crippen LogP contribution is -2.49. The van der Waals surface area contributed by atoms with Crippen molar-refractivity contribution in [3.8, 4) is 0 Å². The molecule has 2 heterocycles. The van der Waals surface area contributed by atoms with Crippen LogP contribution in [-0.2, 0) is 9.59 Å². The summed E-state index contributed by atoms with van der Waals surface area (Å²) in [5.41, 5.74) is 0. The summed E-state index contributed by atoms with van der Waals surface area (Å²) in [6, 6.07) is -0.0763. The fourth-order valence-electron chi connectivity index (χ4n) is 2.49. The molecule has 2 saturated heterocycles. The Kier molecular flexibility index (Phi) is 3.43. The maximum Gasteiger partial charge on any atom is 0.308 e. The van der Waals surface area contributed by atoms with E-state index in [0.29, 0.717) is 19.5 Å². The second-order valence-electron chi connectivity index (χ2n) is 4.61. The van der Waals surface area contributed by atoms with Crippen molar-refractivity contribution < 1.29 is 14.7 Å². The Labute approximate surface area is 94.8 Å². The van der Waals surface area contributed by atoms with Crippen molar-refractivity contribution in [2.45, 2.75) is 31.7 Å². The Morgan fingerprint density at radius 1 is 1.25 bits per heavy atom. The van der Waals surface area contributed by atoms with Gasteiger partial charge in [0.05, 0.1) is 12.0 Å². The van der Waals surface area contributed by atoms with Crippen LogP contribution in [0.15, 0.2) is 0 Å². The van der Waals surface area contributed by atoms with E-state index in [1.165, 1.54) is 0 Å². The molecular weight excluding hydrogens is 208 g/mol. The number of amides is 1. The molecule has 2 atom stereocenters. The first-order valence-corrected chi connectivity index (χ1v) is 5.93. The first kappa shape index (κ1) is 11.4. The summed E-state index contributed by atoms with van der Waals surface area (Å²) in [4.78, 5) is 24.6. The molecule has 5 heteroatoms. The Morgan fingerprint density at radius 2 is 2.06 bits per heavy atom. The molecule has 90 valence electrons. The Hall–Kier alpha value is -1.10. The summed E-state index contributed by atoms with van der Waals surface area (Å²) in [6.07, 6.45) is 3.41. The molecule has 2 rings (SSSR count). The number of nitrogens with zero attached hydrogens (tertiary/aromatic N) is 1. The SMILES string of the molecule is O=C(O)[C@H]1CCCN(C(=O)[C@H]2CCCN2)C1. The fourth-order valence-corrected chi connectivity index (χ4v) is 2.49. The minimum absolute atomic E-state index is 0.0763. The van der Waals surface area contributed by atoms with Crippen LogP contribution in [0.4, 0.5) is 0 Å². The minimum atomic E-state index is -0.781. The molecule has 0 radical (unpaired) electrons. The second-order valence-corrected chi connectivity index (χ2v) is 4.61. The Bertz CT molecular complexity index is 287. The van der Waals surface area contributed by atoms with Crippen LogP contribution in [0.25, 0.3) is 0 Å². The lowest BCUT2D eigenvalue weighted by atomic mass is 9.97. The summed E-state index contributed by atoms with van der Waals surface area (Å²) in [6.45, 7) is 1.99. The van der Waals surface area contributed by atoms with Gasteiger partial charge in [-0.2, -0.15) is 0 Å². The molecule has 2 aliphatic heterocycles. The van der Waals surface area contributed by atoms with Gasteiger partial charge in [0.25, 0.3) is 0 Å². The molecule has 0 bridgehead atoms. The van der Waals surface area contributed by atoms with Crippen LogP contribution in [0.2, 0.25) is 0 Å². The second kappa shape index (κ2) is 4.82. The summed E-state index contributed by atoms with van der Waals surface area (Å²) in [5, 5.41) is 12.1. The van der Waals surface area contributed by atoms with Gasteiger partial charge in [-0.3, -0.25) is 9.59 Å². The predicted molar refractivity (Wildman–Crippen MR) is 58.0 cm³/mol. The van der Waals surface area contributed by atoms with Crippen LogP contribution < -0.4 is 5.32 Å². The zero-order valence-electron chi connectivity index (χ0n) is 9.32. The summed E-state index contributed by atoms with van der Waals surface area (Å²) in [7, 11) is 0. The monoisotopic (exact) mass is 226 g/mol. The van der Waals surface area contributed by atoms with Crippen molar-refractivity contribution in [1.82, 2.24) is 10.2 Å². The zero-order valence-corrected chi connectivity index (χ0v) is 9.32. The van der Waals surface area contributed by atoms with Crippen molar-refractivity contribution in [3.63, 3.8) is 0 Å². The van der Waals surface area contributed by atoms with E-state index >= 15 is 0 Å².